The number of pyridine rings is 1. The van der Waals surface area contributed by atoms with Gasteiger partial charge in [-0.25, -0.2) is 4.39 Å². The zero-order valence-electron chi connectivity index (χ0n) is 12.8. The fourth-order valence-corrected chi connectivity index (χ4v) is 3.56. The molecule has 2 N–H and O–H groups in total. The summed E-state index contributed by atoms with van der Waals surface area (Å²) >= 11 is 0. The number of hydrogen-bond donors (Lipinski definition) is 1. The maximum Gasteiger partial charge on any atom is 0.256 e. The fraction of sp³-hybridized carbons (Fsp3) is 0.562. The van der Waals surface area contributed by atoms with Crippen LogP contribution in [0.15, 0.2) is 18.5 Å². The third kappa shape index (κ3) is 3.06. The first-order valence-corrected chi connectivity index (χ1v) is 7.80. The van der Waals surface area contributed by atoms with E-state index in [0.717, 1.165) is 31.9 Å². The minimum atomic E-state index is -0.593. The first kappa shape index (κ1) is 15.9. The number of primary amides is 1. The predicted molar refractivity (Wildman–Crippen MR) is 79.9 cm³/mol. The number of nitrogens with zero attached hydrogens (tertiary/aromatic N) is 2. The van der Waals surface area contributed by atoms with Crippen LogP contribution < -0.4 is 5.73 Å². The summed E-state index contributed by atoms with van der Waals surface area (Å²) in [5.74, 6) is -1.36. The van der Waals surface area contributed by atoms with Gasteiger partial charge in [-0.15, -0.1) is 0 Å². The third-order valence-corrected chi connectivity index (χ3v) is 5.06. The lowest BCUT2D eigenvalue weighted by Gasteiger charge is -2.53. The second-order valence-electron chi connectivity index (χ2n) is 6.31. The SMILES string of the molecule is NC(=O)COC1CCC12CCN(C(=O)c1ccncc1F)CC2. The van der Waals surface area contributed by atoms with Gasteiger partial charge in [0.1, 0.15) is 6.61 Å². The molecule has 0 bridgehead atoms. The molecule has 7 heteroatoms. The topological polar surface area (TPSA) is 85.5 Å². The number of likely N-dealkylation sites (tertiary alicyclic amines) is 1. The maximum atomic E-state index is 13.7. The lowest BCUT2D eigenvalue weighted by Crippen LogP contribution is -2.54. The van der Waals surface area contributed by atoms with Crippen LogP contribution in [0, 0.1) is 11.2 Å². The van der Waals surface area contributed by atoms with E-state index < -0.39 is 11.7 Å². The van der Waals surface area contributed by atoms with E-state index in [-0.39, 0.29) is 29.6 Å². The Balaban J connectivity index is 1.59. The van der Waals surface area contributed by atoms with Crippen molar-refractivity contribution in [1.82, 2.24) is 9.88 Å². The minimum Gasteiger partial charge on any atom is -0.368 e. The molecule has 0 radical (unpaired) electrons. The molecule has 1 atom stereocenters. The van der Waals surface area contributed by atoms with Crippen LogP contribution in [0.5, 0.6) is 0 Å². The minimum absolute atomic E-state index is 0.0308. The molecule has 23 heavy (non-hydrogen) atoms. The number of piperidine rings is 1. The van der Waals surface area contributed by atoms with Gasteiger partial charge in [-0.2, -0.15) is 0 Å². The molecule has 0 aromatic carbocycles. The highest BCUT2D eigenvalue weighted by Gasteiger charge is 2.49. The number of carbonyl (C=O) groups excluding carboxylic acids is 2. The van der Waals surface area contributed by atoms with Gasteiger partial charge < -0.3 is 15.4 Å². The zero-order chi connectivity index (χ0) is 16.4. The number of aromatic nitrogens is 1. The first-order valence-electron chi connectivity index (χ1n) is 7.80. The molecule has 124 valence electrons. The Bertz CT molecular complexity index is 614. The average molecular weight is 321 g/mol. The average Bonchev–Trinajstić information content (AvgIpc) is 2.53. The summed E-state index contributed by atoms with van der Waals surface area (Å²) in [6.07, 6.45) is 6.05. The first-order chi connectivity index (χ1) is 11.0. The van der Waals surface area contributed by atoms with E-state index in [1.807, 2.05) is 0 Å². The summed E-state index contributed by atoms with van der Waals surface area (Å²) in [6, 6.07) is 1.41. The van der Waals surface area contributed by atoms with E-state index in [2.05, 4.69) is 4.98 Å². The third-order valence-electron chi connectivity index (χ3n) is 5.06. The number of nitrogens with two attached hydrogens (primary N) is 1. The summed E-state index contributed by atoms with van der Waals surface area (Å²) in [5.41, 5.74) is 5.21. The van der Waals surface area contributed by atoms with Gasteiger partial charge in [-0.3, -0.25) is 14.6 Å². The molecule has 1 aromatic rings. The van der Waals surface area contributed by atoms with Crippen molar-refractivity contribution in [2.45, 2.75) is 31.8 Å². The van der Waals surface area contributed by atoms with E-state index >= 15 is 0 Å². The largest absolute Gasteiger partial charge is 0.368 e. The Morgan fingerprint density at radius 1 is 1.39 bits per heavy atom. The molecule has 1 aliphatic carbocycles. The van der Waals surface area contributed by atoms with Crippen LogP contribution in [0.4, 0.5) is 4.39 Å². The van der Waals surface area contributed by atoms with Gasteiger partial charge in [0.2, 0.25) is 5.91 Å². The summed E-state index contributed by atoms with van der Waals surface area (Å²) in [5, 5.41) is 0. The summed E-state index contributed by atoms with van der Waals surface area (Å²) in [6.45, 7) is 1.07. The molecule has 1 saturated carbocycles. The number of ether oxygens (including phenoxy) is 1. The molecule has 2 heterocycles. The monoisotopic (exact) mass is 321 g/mol. The van der Waals surface area contributed by atoms with Crippen LogP contribution in [0.25, 0.3) is 0 Å². The Kier molecular flexibility index (Phi) is 4.30. The fourth-order valence-electron chi connectivity index (χ4n) is 3.56. The Labute approximate surface area is 133 Å². The van der Waals surface area contributed by atoms with Gasteiger partial charge in [-0.05, 0) is 31.7 Å². The van der Waals surface area contributed by atoms with Crippen molar-refractivity contribution >= 4 is 11.8 Å². The van der Waals surface area contributed by atoms with Crippen LogP contribution >= 0.6 is 0 Å². The van der Waals surface area contributed by atoms with Crippen LogP contribution in [-0.4, -0.2) is 47.5 Å². The van der Waals surface area contributed by atoms with Crippen molar-refractivity contribution in [2.75, 3.05) is 19.7 Å². The number of halogens is 1. The molecular formula is C16H20FN3O3. The Morgan fingerprint density at radius 3 is 2.70 bits per heavy atom. The van der Waals surface area contributed by atoms with E-state index in [1.54, 1.807) is 4.90 Å². The van der Waals surface area contributed by atoms with Crippen molar-refractivity contribution < 1.29 is 18.7 Å². The van der Waals surface area contributed by atoms with Crippen molar-refractivity contribution in [3.63, 3.8) is 0 Å². The molecule has 1 aliphatic heterocycles. The van der Waals surface area contributed by atoms with Crippen molar-refractivity contribution in [2.24, 2.45) is 11.1 Å². The van der Waals surface area contributed by atoms with Crippen LogP contribution in [0.2, 0.25) is 0 Å². The molecule has 1 unspecified atom stereocenters. The van der Waals surface area contributed by atoms with Gasteiger partial charge in [0.25, 0.3) is 5.91 Å². The van der Waals surface area contributed by atoms with E-state index in [1.165, 1.54) is 12.3 Å². The highest BCUT2D eigenvalue weighted by atomic mass is 19.1. The van der Waals surface area contributed by atoms with Gasteiger partial charge in [-0.1, -0.05) is 0 Å². The smallest absolute Gasteiger partial charge is 0.256 e. The molecule has 1 aromatic heterocycles. The number of hydrogen-bond acceptors (Lipinski definition) is 4. The van der Waals surface area contributed by atoms with Crippen LogP contribution in [-0.2, 0) is 9.53 Å². The number of carbonyl (C=O) groups is 2. The van der Waals surface area contributed by atoms with Crippen LogP contribution in [0.3, 0.4) is 0 Å². The molecule has 2 amide bonds. The second-order valence-corrected chi connectivity index (χ2v) is 6.31. The number of rotatable bonds is 4. The van der Waals surface area contributed by atoms with Gasteiger partial charge in [0.15, 0.2) is 5.82 Å². The maximum absolute atomic E-state index is 13.7. The quantitative estimate of drug-likeness (QED) is 0.900. The van der Waals surface area contributed by atoms with E-state index in [9.17, 15) is 14.0 Å². The van der Waals surface area contributed by atoms with E-state index in [4.69, 9.17) is 10.5 Å². The Morgan fingerprint density at radius 2 is 2.13 bits per heavy atom. The Hall–Kier alpha value is -2.02. The normalized spacial score (nSPS) is 22.7. The molecule has 2 fully saturated rings. The van der Waals surface area contributed by atoms with Crippen molar-refractivity contribution in [1.29, 1.82) is 0 Å². The van der Waals surface area contributed by atoms with Crippen LogP contribution in [0.1, 0.15) is 36.0 Å². The second kappa shape index (κ2) is 6.23. The van der Waals surface area contributed by atoms with Gasteiger partial charge >= 0.3 is 0 Å². The highest BCUT2D eigenvalue weighted by molar-refractivity contribution is 5.94. The molecule has 6 nitrogen and oxygen atoms in total. The predicted octanol–water partition coefficient (Wildman–Crippen LogP) is 1.11. The summed E-state index contributed by atoms with van der Waals surface area (Å²) < 4.78 is 19.3. The summed E-state index contributed by atoms with van der Waals surface area (Å²) in [7, 11) is 0. The molecule has 1 spiro atoms. The zero-order valence-corrected chi connectivity index (χ0v) is 12.8. The highest BCUT2D eigenvalue weighted by Crippen LogP contribution is 2.50. The van der Waals surface area contributed by atoms with Crippen molar-refractivity contribution in [3.05, 3.63) is 29.8 Å². The molecular weight excluding hydrogens is 301 g/mol. The molecule has 2 aliphatic rings. The van der Waals surface area contributed by atoms with E-state index in [0.29, 0.717) is 13.1 Å². The number of amides is 2. The summed E-state index contributed by atoms with van der Waals surface area (Å²) in [4.78, 5) is 28.6. The molecule has 1 saturated heterocycles. The standard InChI is InChI=1S/C16H20FN3O3/c17-12-9-19-6-2-11(12)15(22)20-7-4-16(5-8-20)3-1-13(16)23-10-14(18)21/h2,6,9,13H,1,3-5,7-8,10H2,(H2,18,21). The lowest BCUT2D eigenvalue weighted by atomic mass is 9.60. The van der Waals surface area contributed by atoms with Gasteiger partial charge in [0.05, 0.1) is 17.9 Å². The van der Waals surface area contributed by atoms with Gasteiger partial charge in [0, 0.05) is 24.7 Å². The van der Waals surface area contributed by atoms with Crippen molar-refractivity contribution in [3.8, 4) is 0 Å². The lowest BCUT2D eigenvalue weighted by molar-refractivity contribution is -0.148. The molecule has 3 rings (SSSR count).